The number of benzene rings is 2. The van der Waals surface area contributed by atoms with E-state index >= 15 is 0 Å². The molecule has 1 aliphatic heterocycles. The van der Waals surface area contributed by atoms with Gasteiger partial charge in [0.15, 0.2) is 5.76 Å². The summed E-state index contributed by atoms with van der Waals surface area (Å²) in [5.41, 5.74) is 1.26. The smallest absolute Gasteiger partial charge is 0.344 e. The van der Waals surface area contributed by atoms with Gasteiger partial charge in [0.05, 0.1) is 10.6 Å². The molecule has 0 amide bonds. The number of hydrogen-bond acceptors (Lipinski definition) is 3. The lowest BCUT2D eigenvalue weighted by molar-refractivity contribution is 0.0712. The molecule has 0 aliphatic carbocycles. The van der Waals surface area contributed by atoms with Crippen LogP contribution in [0.4, 0.5) is 0 Å². The molecule has 4 heteroatoms. The summed E-state index contributed by atoms with van der Waals surface area (Å²) in [7, 11) is 0. The fourth-order valence-electron chi connectivity index (χ4n) is 1.83. The van der Waals surface area contributed by atoms with Crippen LogP contribution in [0.5, 0.6) is 5.75 Å². The monoisotopic (exact) mass is 272 g/mol. The largest absolute Gasteiger partial charge is 0.460 e. The fourth-order valence-corrected chi connectivity index (χ4v) is 2.01. The molecule has 0 atom stereocenters. The number of esters is 1. The van der Waals surface area contributed by atoms with Gasteiger partial charge in [-0.2, -0.15) is 0 Å². The lowest BCUT2D eigenvalue weighted by atomic mass is 10.1. The molecule has 0 saturated heterocycles. The topological polar surface area (TPSA) is 35.5 Å². The van der Waals surface area contributed by atoms with Gasteiger partial charge in [0, 0.05) is 5.56 Å². The molecule has 0 aromatic heterocycles. The molecule has 19 heavy (non-hydrogen) atoms. The molecular formula is C15H9ClO3. The first kappa shape index (κ1) is 11.8. The zero-order chi connectivity index (χ0) is 13.2. The van der Waals surface area contributed by atoms with Crippen molar-refractivity contribution in [2.24, 2.45) is 0 Å². The van der Waals surface area contributed by atoms with Gasteiger partial charge in [-0.05, 0) is 18.2 Å². The van der Waals surface area contributed by atoms with E-state index in [-0.39, 0.29) is 5.97 Å². The van der Waals surface area contributed by atoms with Crippen LogP contribution in [0.1, 0.15) is 15.9 Å². The van der Waals surface area contributed by atoms with Crippen molar-refractivity contribution in [3.63, 3.8) is 0 Å². The van der Waals surface area contributed by atoms with Crippen LogP contribution in [0.15, 0.2) is 54.8 Å². The lowest BCUT2D eigenvalue weighted by Gasteiger charge is -2.03. The van der Waals surface area contributed by atoms with Crippen LogP contribution in [0.3, 0.4) is 0 Å². The highest BCUT2D eigenvalue weighted by atomic mass is 35.5. The number of halogens is 1. The van der Waals surface area contributed by atoms with E-state index in [1.807, 2.05) is 24.3 Å². The number of hydrogen-bond donors (Lipinski definition) is 0. The van der Waals surface area contributed by atoms with E-state index in [0.29, 0.717) is 22.1 Å². The van der Waals surface area contributed by atoms with Crippen molar-refractivity contribution >= 4 is 23.3 Å². The lowest BCUT2D eigenvalue weighted by Crippen LogP contribution is -1.92. The molecule has 1 heterocycles. The minimum atomic E-state index is -0.371. The Balaban J connectivity index is 1.91. The van der Waals surface area contributed by atoms with Gasteiger partial charge < -0.3 is 9.47 Å². The van der Waals surface area contributed by atoms with Crippen molar-refractivity contribution in [1.82, 2.24) is 0 Å². The third kappa shape index (κ3) is 2.20. The van der Waals surface area contributed by atoms with E-state index in [9.17, 15) is 4.79 Å². The quantitative estimate of drug-likeness (QED) is 0.615. The predicted octanol–water partition coefficient (Wildman–Crippen LogP) is 3.89. The van der Waals surface area contributed by atoms with Crippen LogP contribution in [0, 0.1) is 0 Å². The van der Waals surface area contributed by atoms with Crippen LogP contribution < -0.4 is 4.74 Å². The molecule has 0 saturated carbocycles. The van der Waals surface area contributed by atoms with E-state index in [1.54, 1.807) is 24.3 Å². The van der Waals surface area contributed by atoms with Crippen molar-refractivity contribution < 1.29 is 14.3 Å². The third-order valence-electron chi connectivity index (χ3n) is 2.74. The molecule has 0 bridgehead atoms. The second-order valence-corrected chi connectivity index (χ2v) is 4.37. The number of carbonyl (C=O) groups is 1. The molecule has 0 radical (unpaired) electrons. The van der Waals surface area contributed by atoms with Gasteiger partial charge in [-0.25, -0.2) is 4.79 Å². The van der Waals surface area contributed by atoms with Crippen LogP contribution in [0.25, 0.3) is 5.76 Å². The van der Waals surface area contributed by atoms with E-state index < -0.39 is 0 Å². The summed E-state index contributed by atoms with van der Waals surface area (Å²) in [5, 5.41) is 0.497. The molecule has 0 N–H and O–H groups in total. The number of fused-ring (bicyclic) bond motifs is 1. The van der Waals surface area contributed by atoms with Gasteiger partial charge >= 0.3 is 5.97 Å². The standard InChI is InChI=1S/C15H9ClO3/c16-12-7-3-4-8-13(12)18-9-14-10-5-1-2-6-11(10)15(17)19-14/h1-9H. The van der Waals surface area contributed by atoms with Crippen LogP contribution in [-0.4, -0.2) is 5.97 Å². The van der Waals surface area contributed by atoms with Crippen molar-refractivity contribution in [3.8, 4) is 5.75 Å². The number of carbonyl (C=O) groups excluding carboxylic acids is 1. The Morgan fingerprint density at radius 2 is 1.68 bits per heavy atom. The molecule has 0 unspecified atom stereocenters. The average Bonchev–Trinajstić information content (AvgIpc) is 2.75. The Hall–Kier alpha value is -2.26. The second-order valence-electron chi connectivity index (χ2n) is 3.97. The highest BCUT2D eigenvalue weighted by Gasteiger charge is 2.26. The third-order valence-corrected chi connectivity index (χ3v) is 3.06. The summed E-state index contributed by atoms with van der Waals surface area (Å²) in [5.74, 6) is 0.530. The summed E-state index contributed by atoms with van der Waals surface area (Å²) in [4.78, 5) is 11.6. The normalized spacial score (nSPS) is 15.2. The van der Waals surface area contributed by atoms with Gasteiger partial charge in [0.2, 0.25) is 0 Å². The van der Waals surface area contributed by atoms with Gasteiger partial charge in [0.1, 0.15) is 12.0 Å². The maximum atomic E-state index is 11.6. The Morgan fingerprint density at radius 3 is 2.47 bits per heavy atom. The summed E-state index contributed by atoms with van der Waals surface area (Å²) in [6, 6.07) is 14.2. The first-order valence-corrected chi connectivity index (χ1v) is 6.06. The van der Waals surface area contributed by atoms with Crippen LogP contribution in [0.2, 0.25) is 5.02 Å². The van der Waals surface area contributed by atoms with Crippen molar-refractivity contribution in [1.29, 1.82) is 0 Å². The van der Waals surface area contributed by atoms with Gasteiger partial charge in [-0.1, -0.05) is 41.9 Å². The average molecular weight is 273 g/mol. The Labute approximate surface area is 115 Å². The molecule has 3 rings (SSSR count). The van der Waals surface area contributed by atoms with Crippen LogP contribution in [-0.2, 0) is 4.74 Å². The van der Waals surface area contributed by atoms with E-state index in [2.05, 4.69) is 0 Å². The van der Waals surface area contributed by atoms with Crippen LogP contribution >= 0.6 is 11.6 Å². The molecule has 94 valence electrons. The van der Waals surface area contributed by atoms with Crippen molar-refractivity contribution in [3.05, 3.63) is 70.9 Å². The first-order valence-electron chi connectivity index (χ1n) is 5.68. The van der Waals surface area contributed by atoms with Crippen molar-refractivity contribution in [2.45, 2.75) is 0 Å². The van der Waals surface area contributed by atoms with E-state index in [1.165, 1.54) is 6.26 Å². The molecule has 2 aromatic carbocycles. The second kappa shape index (κ2) is 4.78. The summed E-state index contributed by atoms with van der Waals surface area (Å²) >= 11 is 5.98. The first-order chi connectivity index (χ1) is 9.25. The number of rotatable bonds is 2. The summed E-state index contributed by atoms with van der Waals surface area (Å²) in [6.45, 7) is 0. The van der Waals surface area contributed by atoms with Gasteiger partial charge in [0.25, 0.3) is 0 Å². The van der Waals surface area contributed by atoms with Gasteiger partial charge in [-0.3, -0.25) is 0 Å². The number of ether oxygens (including phenoxy) is 2. The summed E-state index contributed by atoms with van der Waals surface area (Å²) < 4.78 is 10.6. The van der Waals surface area contributed by atoms with E-state index in [4.69, 9.17) is 21.1 Å². The Morgan fingerprint density at radius 1 is 1.00 bits per heavy atom. The fraction of sp³-hybridized carbons (Fsp3) is 0. The Bertz CT molecular complexity index is 677. The number of cyclic esters (lactones) is 1. The highest BCUT2D eigenvalue weighted by Crippen LogP contribution is 2.30. The zero-order valence-electron chi connectivity index (χ0n) is 9.80. The Kier molecular flexibility index (Phi) is 2.97. The molecule has 0 spiro atoms. The maximum Gasteiger partial charge on any atom is 0.344 e. The molecular weight excluding hydrogens is 264 g/mol. The molecule has 2 aromatic rings. The SMILES string of the molecule is O=C1OC(=COc2ccccc2Cl)c2ccccc21. The predicted molar refractivity (Wildman–Crippen MR) is 71.9 cm³/mol. The number of para-hydroxylation sites is 1. The molecule has 0 fully saturated rings. The van der Waals surface area contributed by atoms with Gasteiger partial charge in [-0.15, -0.1) is 0 Å². The minimum absolute atomic E-state index is 0.371. The molecule has 3 nitrogen and oxygen atoms in total. The molecule has 1 aliphatic rings. The zero-order valence-corrected chi connectivity index (χ0v) is 10.6. The highest BCUT2D eigenvalue weighted by molar-refractivity contribution is 6.32. The maximum absolute atomic E-state index is 11.6. The summed E-state index contributed by atoms with van der Waals surface area (Å²) in [6.07, 6.45) is 1.39. The van der Waals surface area contributed by atoms with E-state index in [0.717, 1.165) is 5.56 Å². The van der Waals surface area contributed by atoms with Crippen molar-refractivity contribution in [2.75, 3.05) is 0 Å². The minimum Gasteiger partial charge on any atom is -0.460 e.